The van der Waals surface area contributed by atoms with E-state index in [1.807, 2.05) is 36.4 Å². The molecule has 26 heavy (non-hydrogen) atoms. The molecule has 136 valence electrons. The van der Waals surface area contributed by atoms with Gasteiger partial charge in [0.1, 0.15) is 0 Å². The standard InChI is InChI=1S/C20H22N2O3S/c26-19(22-16-4-2-1-3-5-16)21-13-20(8-10-23-11-9-20)15-6-7-17-18(12-15)25-14-24-17/h1-7,12H,8-11,13-14H2,(H2,21,22,26). The molecule has 0 spiro atoms. The molecule has 0 saturated carbocycles. The Kier molecular flexibility index (Phi) is 4.95. The van der Waals surface area contributed by atoms with Gasteiger partial charge in [0.2, 0.25) is 6.79 Å². The number of hydrogen-bond donors (Lipinski definition) is 2. The topological polar surface area (TPSA) is 51.8 Å². The molecule has 0 atom stereocenters. The number of rotatable bonds is 4. The summed E-state index contributed by atoms with van der Waals surface area (Å²) in [5, 5.41) is 7.26. The van der Waals surface area contributed by atoms with Crippen LogP contribution in [0.3, 0.4) is 0 Å². The molecular weight excluding hydrogens is 348 g/mol. The molecule has 1 saturated heterocycles. The van der Waals surface area contributed by atoms with E-state index < -0.39 is 0 Å². The van der Waals surface area contributed by atoms with Crippen LogP contribution < -0.4 is 20.1 Å². The van der Waals surface area contributed by atoms with Crippen LogP contribution in [0, 0.1) is 0 Å². The molecule has 0 unspecified atom stereocenters. The molecule has 1 fully saturated rings. The highest BCUT2D eigenvalue weighted by Gasteiger charge is 2.35. The van der Waals surface area contributed by atoms with E-state index in [0.29, 0.717) is 5.11 Å². The van der Waals surface area contributed by atoms with Crippen LogP contribution in [0.15, 0.2) is 48.5 Å². The largest absolute Gasteiger partial charge is 0.454 e. The van der Waals surface area contributed by atoms with E-state index >= 15 is 0 Å². The number of anilines is 1. The van der Waals surface area contributed by atoms with Crippen LogP contribution in [0.25, 0.3) is 0 Å². The Labute approximate surface area is 158 Å². The number of thiocarbonyl (C=S) groups is 1. The summed E-state index contributed by atoms with van der Waals surface area (Å²) in [7, 11) is 0. The third-order valence-electron chi connectivity index (χ3n) is 5.05. The second kappa shape index (κ2) is 7.51. The monoisotopic (exact) mass is 370 g/mol. The van der Waals surface area contributed by atoms with Gasteiger partial charge in [-0.2, -0.15) is 0 Å². The van der Waals surface area contributed by atoms with E-state index in [-0.39, 0.29) is 12.2 Å². The van der Waals surface area contributed by atoms with Crippen molar-refractivity contribution < 1.29 is 14.2 Å². The molecule has 4 rings (SSSR count). The number of benzene rings is 2. The van der Waals surface area contributed by atoms with E-state index in [9.17, 15) is 0 Å². The summed E-state index contributed by atoms with van der Waals surface area (Å²) >= 11 is 5.49. The normalized spacial score (nSPS) is 17.5. The quantitative estimate of drug-likeness (QED) is 0.804. The van der Waals surface area contributed by atoms with Crippen LogP contribution in [0.4, 0.5) is 5.69 Å². The number of fused-ring (bicyclic) bond motifs is 1. The predicted molar refractivity (Wildman–Crippen MR) is 105 cm³/mol. The average molecular weight is 370 g/mol. The molecule has 2 N–H and O–H groups in total. The lowest BCUT2D eigenvalue weighted by atomic mass is 9.74. The van der Waals surface area contributed by atoms with Crippen molar-refractivity contribution in [2.75, 3.05) is 31.9 Å². The molecule has 6 heteroatoms. The smallest absolute Gasteiger partial charge is 0.231 e. The van der Waals surface area contributed by atoms with Crippen molar-refractivity contribution in [2.45, 2.75) is 18.3 Å². The summed E-state index contributed by atoms with van der Waals surface area (Å²) in [4.78, 5) is 0. The maximum absolute atomic E-state index is 5.61. The predicted octanol–water partition coefficient (Wildman–Crippen LogP) is 3.45. The summed E-state index contributed by atoms with van der Waals surface area (Å²) in [6, 6.07) is 16.2. The van der Waals surface area contributed by atoms with Gasteiger partial charge in [0.25, 0.3) is 0 Å². The maximum atomic E-state index is 5.61. The fourth-order valence-electron chi connectivity index (χ4n) is 3.50. The zero-order valence-electron chi connectivity index (χ0n) is 14.5. The van der Waals surface area contributed by atoms with E-state index in [2.05, 4.69) is 22.8 Å². The molecule has 0 amide bonds. The molecule has 2 aliphatic heterocycles. The third kappa shape index (κ3) is 3.61. The van der Waals surface area contributed by atoms with Gasteiger partial charge in [-0.05, 0) is 54.9 Å². The van der Waals surface area contributed by atoms with Crippen molar-refractivity contribution in [2.24, 2.45) is 0 Å². The average Bonchev–Trinajstić information content (AvgIpc) is 3.16. The number of para-hydroxylation sites is 1. The van der Waals surface area contributed by atoms with Gasteiger partial charge in [-0.25, -0.2) is 0 Å². The van der Waals surface area contributed by atoms with Gasteiger partial charge in [-0.15, -0.1) is 0 Å². The molecule has 5 nitrogen and oxygen atoms in total. The fourth-order valence-corrected chi connectivity index (χ4v) is 3.69. The van der Waals surface area contributed by atoms with Crippen LogP contribution in [-0.2, 0) is 10.2 Å². The lowest BCUT2D eigenvalue weighted by Gasteiger charge is -2.38. The molecule has 2 aromatic rings. The highest BCUT2D eigenvalue weighted by atomic mass is 32.1. The minimum Gasteiger partial charge on any atom is -0.454 e. The number of hydrogen-bond acceptors (Lipinski definition) is 4. The molecule has 0 aromatic heterocycles. The summed E-state index contributed by atoms with van der Waals surface area (Å²) in [6.07, 6.45) is 1.88. The Hall–Kier alpha value is -2.31. The van der Waals surface area contributed by atoms with E-state index in [1.54, 1.807) is 0 Å². The molecule has 2 aliphatic rings. The Morgan fingerprint density at radius 1 is 1.00 bits per heavy atom. The van der Waals surface area contributed by atoms with Gasteiger partial charge in [0.05, 0.1) is 0 Å². The van der Waals surface area contributed by atoms with Crippen LogP contribution in [-0.4, -0.2) is 31.7 Å². The lowest BCUT2D eigenvalue weighted by molar-refractivity contribution is 0.0514. The zero-order valence-corrected chi connectivity index (χ0v) is 15.3. The first-order chi connectivity index (χ1) is 12.8. The van der Waals surface area contributed by atoms with Gasteiger partial charge >= 0.3 is 0 Å². The molecular formula is C20H22N2O3S. The minimum absolute atomic E-state index is 0.0400. The van der Waals surface area contributed by atoms with Gasteiger partial charge in [0, 0.05) is 30.9 Å². The summed E-state index contributed by atoms with van der Waals surface area (Å²) in [5.74, 6) is 1.63. The summed E-state index contributed by atoms with van der Waals surface area (Å²) < 4.78 is 16.6. The van der Waals surface area contributed by atoms with Crippen LogP contribution in [0.5, 0.6) is 11.5 Å². The third-order valence-corrected chi connectivity index (χ3v) is 5.30. The van der Waals surface area contributed by atoms with Crippen molar-refractivity contribution in [3.05, 3.63) is 54.1 Å². The molecule has 0 bridgehead atoms. The minimum atomic E-state index is -0.0400. The Balaban J connectivity index is 1.49. The maximum Gasteiger partial charge on any atom is 0.231 e. The van der Waals surface area contributed by atoms with Crippen LogP contribution >= 0.6 is 12.2 Å². The van der Waals surface area contributed by atoms with Gasteiger partial charge in [0.15, 0.2) is 16.6 Å². The van der Waals surface area contributed by atoms with Crippen LogP contribution in [0.1, 0.15) is 18.4 Å². The molecule has 2 heterocycles. The van der Waals surface area contributed by atoms with Gasteiger partial charge < -0.3 is 24.8 Å². The van der Waals surface area contributed by atoms with E-state index in [1.165, 1.54) is 5.56 Å². The van der Waals surface area contributed by atoms with Crippen molar-refractivity contribution in [3.8, 4) is 11.5 Å². The zero-order chi connectivity index (χ0) is 17.8. The van der Waals surface area contributed by atoms with E-state index in [4.69, 9.17) is 26.4 Å². The number of ether oxygens (including phenoxy) is 3. The second-order valence-corrected chi connectivity index (χ2v) is 7.04. The fraction of sp³-hybridized carbons (Fsp3) is 0.350. The summed E-state index contributed by atoms with van der Waals surface area (Å²) in [5.41, 5.74) is 2.18. The first kappa shape index (κ1) is 17.1. The van der Waals surface area contributed by atoms with Gasteiger partial charge in [-0.3, -0.25) is 0 Å². The van der Waals surface area contributed by atoms with Crippen molar-refractivity contribution in [1.82, 2.24) is 5.32 Å². The summed E-state index contributed by atoms with van der Waals surface area (Å²) in [6.45, 7) is 2.52. The highest BCUT2D eigenvalue weighted by molar-refractivity contribution is 7.80. The SMILES string of the molecule is S=C(NCC1(c2ccc3c(c2)OCO3)CCOCC1)Nc1ccccc1. The second-order valence-electron chi connectivity index (χ2n) is 6.63. The first-order valence-corrected chi connectivity index (χ1v) is 9.24. The van der Waals surface area contributed by atoms with E-state index in [0.717, 1.165) is 49.8 Å². The Morgan fingerprint density at radius 3 is 2.58 bits per heavy atom. The van der Waals surface area contributed by atoms with Gasteiger partial charge in [-0.1, -0.05) is 24.3 Å². The van der Waals surface area contributed by atoms with Crippen LogP contribution in [0.2, 0.25) is 0 Å². The van der Waals surface area contributed by atoms with Crippen molar-refractivity contribution in [3.63, 3.8) is 0 Å². The Bertz CT molecular complexity index is 776. The molecule has 0 radical (unpaired) electrons. The lowest BCUT2D eigenvalue weighted by Crippen LogP contribution is -2.45. The Morgan fingerprint density at radius 2 is 1.77 bits per heavy atom. The molecule has 2 aromatic carbocycles. The van der Waals surface area contributed by atoms with Crippen molar-refractivity contribution in [1.29, 1.82) is 0 Å². The highest BCUT2D eigenvalue weighted by Crippen LogP contribution is 2.40. The molecule has 0 aliphatic carbocycles. The van der Waals surface area contributed by atoms with Crippen molar-refractivity contribution >= 4 is 23.0 Å². The number of nitrogens with one attached hydrogen (secondary N) is 2. The first-order valence-electron chi connectivity index (χ1n) is 8.83.